The highest BCUT2D eigenvalue weighted by Gasteiger charge is 2.15. The Bertz CT molecular complexity index is 536. The lowest BCUT2D eigenvalue weighted by Crippen LogP contribution is -2.04. The summed E-state index contributed by atoms with van der Waals surface area (Å²) >= 11 is 0. The molecule has 1 heterocycles. The van der Waals surface area contributed by atoms with Crippen molar-refractivity contribution in [1.29, 1.82) is 0 Å². The van der Waals surface area contributed by atoms with Crippen molar-refractivity contribution in [3.63, 3.8) is 0 Å². The molecule has 0 saturated heterocycles. The van der Waals surface area contributed by atoms with Crippen molar-refractivity contribution in [2.45, 2.75) is 51.5 Å². The van der Waals surface area contributed by atoms with Crippen molar-refractivity contribution < 1.29 is 0 Å². The number of rotatable bonds is 3. The average Bonchev–Trinajstić information content (AvgIpc) is 2.66. The summed E-state index contributed by atoms with van der Waals surface area (Å²) in [5.74, 6) is 1.95. The molecule has 3 heteroatoms. The van der Waals surface area contributed by atoms with Gasteiger partial charge in [-0.15, -0.1) is 0 Å². The number of fused-ring (bicyclic) bond motifs is 1. The minimum atomic E-state index is 0.561. The van der Waals surface area contributed by atoms with Gasteiger partial charge in [-0.1, -0.05) is 50.7 Å². The molecule has 19 heavy (non-hydrogen) atoms. The van der Waals surface area contributed by atoms with Crippen LogP contribution < -0.4 is 5.73 Å². The van der Waals surface area contributed by atoms with Crippen LogP contribution in [0.3, 0.4) is 0 Å². The molecule has 0 unspecified atom stereocenters. The zero-order valence-electron chi connectivity index (χ0n) is 11.5. The van der Waals surface area contributed by atoms with Crippen molar-refractivity contribution in [3.05, 3.63) is 29.6 Å². The van der Waals surface area contributed by atoms with Gasteiger partial charge in [0.25, 0.3) is 0 Å². The number of hydrogen-bond acceptors (Lipinski definition) is 2. The zero-order valence-corrected chi connectivity index (χ0v) is 11.5. The van der Waals surface area contributed by atoms with Gasteiger partial charge in [0.2, 0.25) is 0 Å². The van der Waals surface area contributed by atoms with Crippen LogP contribution >= 0.6 is 0 Å². The van der Waals surface area contributed by atoms with Gasteiger partial charge in [-0.2, -0.15) is 0 Å². The predicted molar refractivity (Wildman–Crippen MR) is 78.9 cm³/mol. The number of nitrogens with zero attached hydrogens (tertiary/aromatic N) is 1. The Balaban J connectivity index is 1.81. The summed E-state index contributed by atoms with van der Waals surface area (Å²) in [5.41, 5.74) is 9.11. The molecule has 0 aliphatic heterocycles. The second-order valence-electron chi connectivity index (χ2n) is 5.76. The van der Waals surface area contributed by atoms with E-state index >= 15 is 0 Å². The fourth-order valence-corrected chi connectivity index (χ4v) is 3.25. The van der Waals surface area contributed by atoms with E-state index in [-0.39, 0.29) is 0 Å². The van der Waals surface area contributed by atoms with Crippen LogP contribution in [-0.4, -0.2) is 9.97 Å². The molecule has 1 aliphatic carbocycles. The molecule has 1 fully saturated rings. The molecule has 0 spiro atoms. The van der Waals surface area contributed by atoms with Crippen LogP contribution in [0.15, 0.2) is 18.2 Å². The first-order valence-corrected chi connectivity index (χ1v) is 7.53. The molecule has 0 radical (unpaired) electrons. The molecule has 0 atom stereocenters. The molecule has 3 N–H and O–H groups in total. The minimum Gasteiger partial charge on any atom is -0.342 e. The standard InChI is InChI=1S/C16H23N3/c17-11-13-8-5-9-14-16(13)19-15(18-14)10-12-6-3-1-2-4-7-12/h5,8-9,12H,1-4,6-7,10-11,17H2,(H,18,19). The minimum absolute atomic E-state index is 0.561. The van der Waals surface area contributed by atoms with Gasteiger partial charge in [-0.25, -0.2) is 4.98 Å². The van der Waals surface area contributed by atoms with Gasteiger partial charge in [-0.05, 0) is 17.5 Å². The van der Waals surface area contributed by atoms with Gasteiger partial charge in [-0.3, -0.25) is 0 Å². The number of aromatic nitrogens is 2. The number of benzene rings is 1. The fraction of sp³-hybridized carbons (Fsp3) is 0.562. The van der Waals surface area contributed by atoms with Crippen molar-refractivity contribution in [1.82, 2.24) is 9.97 Å². The molecule has 3 rings (SSSR count). The van der Waals surface area contributed by atoms with Crippen molar-refractivity contribution in [3.8, 4) is 0 Å². The SMILES string of the molecule is NCc1cccc2[nH]c(CC3CCCCCC3)nc12. The van der Waals surface area contributed by atoms with E-state index < -0.39 is 0 Å². The third-order valence-electron chi connectivity index (χ3n) is 4.32. The highest BCUT2D eigenvalue weighted by molar-refractivity contribution is 5.78. The van der Waals surface area contributed by atoms with E-state index in [0.717, 1.165) is 34.8 Å². The topological polar surface area (TPSA) is 54.7 Å². The number of nitrogens with one attached hydrogen (secondary N) is 1. The smallest absolute Gasteiger partial charge is 0.107 e. The molecular formula is C16H23N3. The van der Waals surface area contributed by atoms with Crippen LogP contribution in [0, 0.1) is 5.92 Å². The van der Waals surface area contributed by atoms with E-state index in [1.807, 2.05) is 0 Å². The predicted octanol–water partition coefficient (Wildman–Crippen LogP) is 3.53. The number of imidazole rings is 1. The lowest BCUT2D eigenvalue weighted by molar-refractivity contribution is 0.450. The Labute approximate surface area is 114 Å². The van der Waals surface area contributed by atoms with Crippen molar-refractivity contribution in [2.75, 3.05) is 0 Å². The maximum absolute atomic E-state index is 5.78. The van der Waals surface area contributed by atoms with E-state index in [0.29, 0.717) is 6.54 Å². The first kappa shape index (κ1) is 12.7. The summed E-state index contributed by atoms with van der Waals surface area (Å²) in [5, 5.41) is 0. The molecular weight excluding hydrogens is 234 g/mol. The highest BCUT2D eigenvalue weighted by Crippen LogP contribution is 2.26. The average molecular weight is 257 g/mol. The van der Waals surface area contributed by atoms with Gasteiger partial charge in [0, 0.05) is 13.0 Å². The normalized spacial score (nSPS) is 17.7. The largest absolute Gasteiger partial charge is 0.342 e. The van der Waals surface area contributed by atoms with Gasteiger partial charge in [0.15, 0.2) is 0 Å². The molecule has 1 aliphatic rings. The van der Waals surface area contributed by atoms with Crippen LogP contribution in [0.1, 0.15) is 49.9 Å². The van der Waals surface area contributed by atoms with Gasteiger partial charge in [0.1, 0.15) is 5.82 Å². The lowest BCUT2D eigenvalue weighted by Gasteiger charge is -2.11. The molecule has 0 bridgehead atoms. The molecule has 3 nitrogen and oxygen atoms in total. The molecule has 0 amide bonds. The molecule has 102 valence electrons. The lowest BCUT2D eigenvalue weighted by atomic mass is 9.96. The zero-order chi connectivity index (χ0) is 13.1. The van der Waals surface area contributed by atoms with Crippen LogP contribution in [0.2, 0.25) is 0 Å². The van der Waals surface area contributed by atoms with E-state index in [9.17, 15) is 0 Å². The molecule has 1 aromatic heterocycles. The fourth-order valence-electron chi connectivity index (χ4n) is 3.25. The summed E-state index contributed by atoms with van der Waals surface area (Å²) in [6.45, 7) is 0.561. The highest BCUT2D eigenvalue weighted by atomic mass is 14.9. The van der Waals surface area contributed by atoms with Gasteiger partial charge in [0.05, 0.1) is 11.0 Å². The second-order valence-corrected chi connectivity index (χ2v) is 5.76. The summed E-state index contributed by atoms with van der Waals surface area (Å²) < 4.78 is 0. The Morgan fingerprint density at radius 2 is 1.95 bits per heavy atom. The number of aromatic amines is 1. The third-order valence-corrected chi connectivity index (χ3v) is 4.32. The monoisotopic (exact) mass is 257 g/mol. The third kappa shape index (κ3) is 2.81. The quantitative estimate of drug-likeness (QED) is 0.826. The Morgan fingerprint density at radius 3 is 2.68 bits per heavy atom. The molecule has 1 saturated carbocycles. The van der Waals surface area contributed by atoms with Crippen molar-refractivity contribution in [2.24, 2.45) is 11.7 Å². The first-order chi connectivity index (χ1) is 9.36. The van der Waals surface area contributed by atoms with E-state index in [2.05, 4.69) is 23.2 Å². The number of H-pyrrole nitrogens is 1. The maximum atomic E-state index is 5.78. The van der Waals surface area contributed by atoms with Crippen molar-refractivity contribution >= 4 is 11.0 Å². The summed E-state index contributed by atoms with van der Waals surface area (Å²) in [4.78, 5) is 8.24. The second kappa shape index (κ2) is 5.74. The summed E-state index contributed by atoms with van der Waals surface area (Å²) in [6, 6.07) is 6.22. The van der Waals surface area contributed by atoms with Crippen LogP contribution in [-0.2, 0) is 13.0 Å². The molecule has 1 aromatic carbocycles. The van der Waals surface area contributed by atoms with Crippen LogP contribution in [0.5, 0.6) is 0 Å². The van der Waals surface area contributed by atoms with Gasteiger partial charge < -0.3 is 10.7 Å². The van der Waals surface area contributed by atoms with E-state index in [1.165, 1.54) is 38.5 Å². The Kier molecular flexibility index (Phi) is 3.83. The maximum Gasteiger partial charge on any atom is 0.107 e. The van der Waals surface area contributed by atoms with Crippen LogP contribution in [0.25, 0.3) is 11.0 Å². The summed E-state index contributed by atoms with van der Waals surface area (Å²) in [7, 11) is 0. The first-order valence-electron chi connectivity index (χ1n) is 7.53. The number of hydrogen-bond donors (Lipinski definition) is 2. The number of para-hydroxylation sites is 1. The van der Waals surface area contributed by atoms with Gasteiger partial charge >= 0.3 is 0 Å². The summed E-state index contributed by atoms with van der Waals surface area (Å²) in [6.07, 6.45) is 9.42. The van der Waals surface area contributed by atoms with E-state index in [4.69, 9.17) is 10.7 Å². The number of nitrogens with two attached hydrogens (primary N) is 1. The van der Waals surface area contributed by atoms with E-state index in [1.54, 1.807) is 0 Å². The Morgan fingerprint density at radius 1 is 1.16 bits per heavy atom. The van der Waals surface area contributed by atoms with Crippen LogP contribution in [0.4, 0.5) is 0 Å². The molecule has 2 aromatic rings. The Hall–Kier alpha value is -1.35.